The Labute approximate surface area is 184 Å². The Balaban J connectivity index is 1.28. The van der Waals surface area contributed by atoms with Crippen LogP contribution in [0.25, 0.3) is 10.6 Å². The molecular weight excluding hydrogens is 416 g/mol. The lowest BCUT2D eigenvalue weighted by atomic mass is 10.2. The van der Waals surface area contributed by atoms with Gasteiger partial charge in [0.15, 0.2) is 0 Å². The lowest BCUT2D eigenvalue weighted by Gasteiger charge is -2.20. The predicted octanol–water partition coefficient (Wildman–Crippen LogP) is 5.46. The van der Waals surface area contributed by atoms with Crippen LogP contribution >= 0.6 is 22.7 Å². The summed E-state index contributed by atoms with van der Waals surface area (Å²) in [6, 6.07) is 9.19. The molecule has 0 unspecified atom stereocenters. The summed E-state index contributed by atoms with van der Waals surface area (Å²) in [6.45, 7) is 1.62. The van der Waals surface area contributed by atoms with Gasteiger partial charge < -0.3 is 15.5 Å². The van der Waals surface area contributed by atoms with E-state index in [0.29, 0.717) is 5.69 Å². The summed E-state index contributed by atoms with van der Waals surface area (Å²) in [5, 5.41) is 12.8. The Kier molecular flexibility index (Phi) is 6.76. The molecule has 8 heteroatoms. The number of rotatable bonds is 5. The third kappa shape index (κ3) is 5.46. The number of amides is 3. The summed E-state index contributed by atoms with van der Waals surface area (Å²) in [6.07, 6.45) is 4.73. The van der Waals surface area contributed by atoms with Crippen molar-refractivity contribution in [1.29, 1.82) is 0 Å². The molecule has 1 aliphatic rings. The van der Waals surface area contributed by atoms with Crippen LogP contribution in [-0.4, -0.2) is 34.9 Å². The number of nitrogens with zero attached hydrogens (tertiary/aromatic N) is 2. The Bertz CT molecular complexity index is 975. The summed E-state index contributed by atoms with van der Waals surface area (Å²) in [5.74, 6) is -0.112. The molecule has 1 fully saturated rings. The largest absolute Gasteiger partial charge is 0.326 e. The molecule has 0 spiro atoms. The fourth-order valence-corrected chi connectivity index (χ4v) is 4.92. The number of nitrogens with one attached hydrogen (secondary N) is 2. The fraction of sp³-hybridized carbons (Fsp3) is 0.318. The van der Waals surface area contributed by atoms with Gasteiger partial charge in [-0.2, -0.15) is 11.3 Å². The second kappa shape index (κ2) is 9.86. The van der Waals surface area contributed by atoms with E-state index in [1.54, 1.807) is 34.8 Å². The normalized spacial score (nSPS) is 14.2. The van der Waals surface area contributed by atoms with Crippen LogP contribution in [0.4, 0.5) is 16.2 Å². The van der Waals surface area contributed by atoms with Crippen LogP contribution in [-0.2, 0) is 11.2 Å². The van der Waals surface area contributed by atoms with E-state index < -0.39 is 0 Å². The Morgan fingerprint density at radius 2 is 1.63 bits per heavy atom. The quantitative estimate of drug-likeness (QED) is 0.553. The molecule has 2 N–H and O–H groups in total. The first-order valence-electron chi connectivity index (χ1n) is 10.1. The highest BCUT2D eigenvalue weighted by Gasteiger charge is 2.15. The molecule has 6 nitrogen and oxygen atoms in total. The molecule has 0 aliphatic carbocycles. The topological polar surface area (TPSA) is 74.3 Å². The van der Waals surface area contributed by atoms with Gasteiger partial charge in [-0.1, -0.05) is 12.8 Å². The van der Waals surface area contributed by atoms with Gasteiger partial charge in [0.05, 0.1) is 12.1 Å². The lowest BCUT2D eigenvalue weighted by Crippen LogP contribution is -2.35. The van der Waals surface area contributed by atoms with Gasteiger partial charge in [0, 0.05) is 40.8 Å². The van der Waals surface area contributed by atoms with Gasteiger partial charge in [0.25, 0.3) is 0 Å². The minimum atomic E-state index is -0.112. The van der Waals surface area contributed by atoms with Crippen molar-refractivity contribution in [2.24, 2.45) is 0 Å². The van der Waals surface area contributed by atoms with Gasteiger partial charge >= 0.3 is 6.03 Å². The second-order valence-electron chi connectivity index (χ2n) is 7.29. The van der Waals surface area contributed by atoms with Crippen LogP contribution in [0, 0.1) is 0 Å². The molecule has 0 radical (unpaired) electrons. The van der Waals surface area contributed by atoms with Crippen molar-refractivity contribution in [3.05, 3.63) is 52.2 Å². The summed E-state index contributed by atoms with van der Waals surface area (Å²) >= 11 is 3.18. The number of urea groups is 1. The van der Waals surface area contributed by atoms with E-state index in [2.05, 4.69) is 21.0 Å². The molecule has 2 aromatic heterocycles. The number of anilines is 2. The Morgan fingerprint density at radius 1 is 0.933 bits per heavy atom. The molecule has 1 aromatic carbocycles. The standard InChI is InChI=1S/C22H24N4O2S2/c27-20(13-19-15-30-21(24-19)16-9-12-29-14-16)23-17-5-7-18(8-6-17)25-22(28)26-10-3-1-2-4-11-26/h5-9,12,14-15H,1-4,10-11,13H2,(H,23,27)(H,25,28). The van der Waals surface area contributed by atoms with Crippen molar-refractivity contribution in [1.82, 2.24) is 9.88 Å². The maximum absolute atomic E-state index is 12.4. The minimum Gasteiger partial charge on any atom is -0.326 e. The van der Waals surface area contributed by atoms with E-state index in [9.17, 15) is 9.59 Å². The van der Waals surface area contributed by atoms with E-state index >= 15 is 0 Å². The number of carbonyl (C=O) groups is 2. The predicted molar refractivity (Wildman–Crippen MR) is 123 cm³/mol. The lowest BCUT2D eigenvalue weighted by molar-refractivity contribution is -0.115. The number of hydrogen-bond donors (Lipinski definition) is 2. The van der Waals surface area contributed by atoms with Gasteiger partial charge in [-0.25, -0.2) is 9.78 Å². The molecule has 0 atom stereocenters. The zero-order valence-corrected chi connectivity index (χ0v) is 18.2. The van der Waals surface area contributed by atoms with Gasteiger partial charge in [0.1, 0.15) is 5.01 Å². The number of thiazole rings is 1. The van der Waals surface area contributed by atoms with Gasteiger partial charge in [-0.05, 0) is 48.6 Å². The van der Waals surface area contributed by atoms with Crippen molar-refractivity contribution in [3.63, 3.8) is 0 Å². The highest BCUT2D eigenvalue weighted by atomic mass is 32.1. The number of hydrogen-bond acceptors (Lipinski definition) is 5. The number of benzene rings is 1. The van der Waals surface area contributed by atoms with Crippen LogP contribution in [0.2, 0.25) is 0 Å². The first-order chi connectivity index (χ1) is 14.7. The molecular formula is C22H24N4O2S2. The third-order valence-electron chi connectivity index (χ3n) is 4.97. The van der Waals surface area contributed by atoms with E-state index in [4.69, 9.17) is 0 Å². The first-order valence-corrected chi connectivity index (χ1v) is 11.9. The Morgan fingerprint density at radius 3 is 2.30 bits per heavy atom. The van der Waals surface area contributed by atoms with Gasteiger partial charge in [0.2, 0.25) is 5.91 Å². The summed E-state index contributed by atoms with van der Waals surface area (Å²) < 4.78 is 0. The van der Waals surface area contributed by atoms with Crippen LogP contribution in [0.1, 0.15) is 31.4 Å². The average Bonchev–Trinajstić information content (AvgIpc) is 3.35. The number of carbonyl (C=O) groups excluding carboxylic acids is 2. The van der Waals surface area contributed by atoms with E-state index in [-0.39, 0.29) is 18.4 Å². The van der Waals surface area contributed by atoms with Crippen molar-refractivity contribution in [2.75, 3.05) is 23.7 Å². The van der Waals surface area contributed by atoms with E-state index in [1.807, 2.05) is 33.9 Å². The Hall–Kier alpha value is -2.71. The van der Waals surface area contributed by atoms with E-state index in [1.165, 1.54) is 12.8 Å². The molecule has 0 bridgehead atoms. The average molecular weight is 441 g/mol. The van der Waals surface area contributed by atoms with Gasteiger partial charge in [-0.15, -0.1) is 11.3 Å². The van der Waals surface area contributed by atoms with E-state index in [0.717, 1.165) is 47.9 Å². The van der Waals surface area contributed by atoms with Gasteiger partial charge in [-0.3, -0.25) is 4.79 Å². The molecule has 1 saturated heterocycles. The second-order valence-corrected chi connectivity index (χ2v) is 8.93. The highest BCUT2D eigenvalue weighted by Crippen LogP contribution is 2.26. The van der Waals surface area contributed by atoms with Crippen LogP contribution in [0.3, 0.4) is 0 Å². The summed E-state index contributed by atoms with van der Waals surface area (Å²) in [7, 11) is 0. The number of likely N-dealkylation sites (tertiary alicyclic amines) is 1. The molecule has 3 amide bonds. The molecule has 30 heavy (non-hydrogen) atoms. The van der Waals surface area contributed by atoms with Crippen LogP contribution in [0.5, 0.6) is 0 Å². The third-order valence-corrected chi connectivity index (χ3v) is 6.60. The maximum atomic E-state index is 12.4. The molecule has 0 saturated carbocycles. The molecule has 3 aromatic rings. The molecule has 4 rings (SSSR count). The highest BCUT2D eigenvalue weighted by molar-refractivity contribution is 7.14. The van der Waals surface area contributed by atoms with Crippen molar-refractivity contribution >= 4 is 46.0 Å². The first kappa shape index (κ1) is 20.6. The van der Waals surface area contributed by atoms with Crippen LogP contribution in [0.15, 0.2) is 46.5 Å². The zero-order valence-electron chi connectivity index (χ0n) is 16.6. The summed E-state index contributed by atoms with van der Waals surface area (Å²) in [4.78, 5) is 31.2. The molecule has 156 valence electrons. The number of aromatic nitrogens is 1. The van der Waals surface area contributed by atoms with Crippen molar-refractivity contribution in [2.45, 2.75) is 32.1 Å². The SMILES string of the molecule is O=C(Cc1csc(-c2ccsc2)n1)Nc1ccc(NC(=O)N2CCCCCC2)cc1. The monoisotopic (exact) mass is 440 g/mol. The zero-order chi connectivity index (χ0) is 20.8. The van der Waals surface area contributed by atoms with Crippen LogP contribution < -0.4 is 10.6 Å². The number of thiophene rings is 1. The maximum Gasteiger partial charge on any atom is 0.321 e. The fourth-order valence-electron chi connectivity index (χ4n) is 3.39. The molecule has 3 heterocycles. The minimum absolute atomic E-state index is 0.0568. The summed E-state index contributed by atoms with van der Waals surface area (Å²) in [5.41, 5.74) is 3.28. The van der Waals surface area contributed by atoms with Crippen molar-refractivity contribution < 1.29 is 9.59 Å². The smallest absolute Gasteiger partial charge is 0.321 e. The van der Waals surface area contributed by atoms with Crippen molar-refractivity contribution in [3.8, 4) is 10.6 Å². The molecule has 1 aliphatic heterocycles.